The summed E-state index contributed by atoms with van der Waals surface area (Å²) < 4.78 is 41.5. The van der Waals surface area contributed by atoms with Crippen LogP contribution in [0.4, 0.5) is 13.2 Å². The van der Waals surface area contributed by atoms with Crippen LogP contribution in [-0.2, 0) is 17.5 Å². The third-order valence-electron chi connectivity index (χ3n) is 7.15. The third kappa shape index (κ3) is 7.85. The molecule has 0 saturated carbocycles. The molecule has 0 radical (unpaired) electrons. The van der Waals surface area contributed by atoms with Gasteiger partial charge in [0.15, 0.2) is 0 Å². The highest BCUT2D eigenvalue weighted by molar-refractivity contribution is 6.36. The Morgan fingerprint density at radius 2 is 1.63 bits per heavy atom. The first-order valence-electron chi connectivity index (χ1n) is 13.9. The summed E-state index contributed by atoms with van der Waals surface area (Å²) in [6, 6.07) is 24.4. The molecule has 11 heteroatoms. The van der Waals surface area contributed by atoms with Crippen molar-refractivity contribution in [3.8, 4) is 22.4 Å². The van der Waals surface area contributed by atoms with Gasteiger partial charge in [-0.15, -0.1) is 0 Å². The second-order valence-corrected chi connectivity index (χ2v) is 11.4. The van der Waals surface area contributed by atoms with Gasteiger partial charge in [0.1, 0.15) is 12.4 Å². The molecule has 1 heterocycles. The number of carbonyl (C=O) groups is 2. The van der Waals surface area contributed by atoms with E-state index in [1.54, 1.807) is 60.7 Å². The zero-order valence-electron chi connectivity index (χ0n) is 24.3. The van der Waals surface area contributed by atoms with Gasteiger partial charge in [0.2, 0.25) is 0 Å². The molecule has 0 unspecified atom stereocenters. The molecule has 1 amide bonds. The number of imidazole rings is 1. The fourth-order valence-corrected chi connectivity index (χ4v) is 5.30. The summed E-state index contributed by atoms with van der Waals surface area (Å²) in [5.74, 6) is -0.903. The van der Waals surface area contributed by atoms with Crippen LogP contribution in [0.2, 0.25) is 10.0 Å². The van der Waals surface area contributed by atoms with Crippen LogP contribution in [0.5, 0.6) is 0 Å². The van der Waals surface area contributed by atoms with E-state index >= 15 is 0 Å². The molecule has 0 aliphatic carbocycles. The number of aliphatic carboxylic acids is 1. The number of carbonyl (C=O) groups excluding carboxylic acids is 1. The van der Waals surface area contributed by atoms with Crippen LogP contribution in [0.1, 0.15) is 32.9 Å². The molecule has 5 aromatic rings. The summed E-state index contributed by atoms with van der Waals surface area (Å²) in [6.45, 7) is -0.0128. The second kappa shape index (κ2) is 13.6. The number of nitrogens with zero attached hydrogens (tertiary/aromatic N) is 3. The number of hydrogen-bond acceptors (Lipinski definition) is 3. The van der Waals surface area contributed by atoms with E-state index in [-0.39, 0.29) is 0 Å². The largest absolute Gasteiger partial charge is 0.480 e. The molecule has 5 rings (SSSR count). The minimum absolute atomic E-state index is 0.362. The first kappa shape index (κ1) is 32.5. The highest BCUT2D eigenvalue weighted by atomic mass is 35.5. The molecule has 0 spiro atoms. The normalized spacial score (nSPS) is 11.6. The molecular formula is C35H26Cl2F3N3O3. The SMILES string of the molecule is CN(CC(=O)O)C(=O)c1ccc(Cn2cc(-c3ccc(Cl)cc3Cl)nc2/C=C/c2ccc(-c3cccc(C(F)(F)F)c3)cc2)cc1. The Morgan fingerprint density at radius 1 is 0.913 bits per heavy atom. The van der Waals surface area contributed by atoms with E-state index in [0.29, 0.717) is 50.4 Å². The summed E-state index contributed by atoms with van der Waals surface area (Å²) in [5.41, 5.74) is 3.75. The molecule has 0 saturated heterocycles. The lowest BCUT2D eigenvalue weighted by molar-refractivity contribution is -0.138. The number of halogens is 5. The summed E-state index contributed by atoms with van der Waals surface area (Å²) in [5, 5.41) is 9.91. The van der Waals surface area contributed by atoms with Crippen LogP contribution in [0, 0.1) is 0 Å². The number of likely N-dealkylation sites (N-methyl/N-ethyl adjacent to an activating group) is 1. The molecule has 0 bridgehead atoms. The van der Waals surface area contributed by atoms with Crippen LogP contribution in [0.15, 0.2) is 97.2 Å². The van der Waals surface area contributed by atoms with Crippen molar-refractivity contribution in [1.29, 1.82) is 0 Å². The lowest BCUT2D eigenvalue weighted by Gasteiger charge is -2.14. The molecule has 0 fully saturated rings. The van der Waals surface area contributed by atoms with Gasteiger partial charge < -0.3 is 14.6 Å². The highest BCUT2D eigenvalue weighted by Gasteiger charge is 2.30. The minimum Gasteiger partial charge on any atom is -0.480 e. The summed E-state index contributed by atoms with van der Waals surface area (Å²) >= 11 is 12.6. The molecule has 234 valence electrons. The first-order valence-corrected chi connectivity index (χ1v) is 14.7. The van der Waals surface area contributed by atoms with Crippen molar-refractivity contribution in [1.82, 2.24) is 14.5 Å². The number of amides is 1. The van der Waals surface area contributed by atoms with Crippen molar-refractivity contribution in [2.75, 3.05) is 13.6 Å². The average Bonchev–Trinajstić information content (AvgIpc) is 3.41. The molecule has 0 aliphatic heterocycles. The fourth-order valence-electron chi connectivity index (χ4n) is 4.79. The van der Waals surface area contributed by atoms with E-state index in [9.17, 15) is 22.8 Å². The Kier molecular flexibility index (Phi) is 9.65. The minimum atomic E-state index is -4.42. The average molecular weight is 665 g/mol. The summed E-state index contributed by atoms with van der Waals surface area (Å²) in [4.78, 5) is 29.5. The molecule has 0 aliphatic rings. The van der Waals surface area contributed by atoms with Crippen molar-refractivity contribution in [2.24, 2.45) is 0 Å². The van der Waals surface area contributed by atoms with Gasteiger partial charge in [-0.1, -0.05) is 77.8 Å². The Labute approximate surface area is 273 Å². The predicted molar refractivity (Wildman–Crippen MR) is 174 cm³/mol. The number of alkyl halides is 3. The number of benzene rings is 4. The lowest BCUT2D eigenvalue weighted by Crippen LogP contribution is -2.31. The third-order valence-corrected chi connectivity index (χ3v) is 7.69. The van der Waals surface area contributed by atoms with Gasteiger partial charge >= 0.3 is 12.1 Å². The monoisotopic (exact) mass is 663 g/mol. The zero-order valence-corrected chi connectivity index (χ0v) is 25.8. The maximum absolute atomic E-state index is 13.2. The van der Waals surface area contributed by atoms with E-state index < -0.39 is 30.2 Å². The Hall–Kier alpha value is -4.86. The van der Waals surface area contributed by atoms with E-state index in [1.165, 1.54) is 13.1 Å². The Morgan fingerprint density at radius 3 is 2.28 bits per heavy atom. The van der Waals surface area contributed by atoms with Crippen LogP contribution >= 0.6 is 23.2 Å². The van der Waals surface area contributed by atoms with Gasteiger partial charge in [-0.3, -0.25) is 9.59 Å². The van der Waals surface area contributed by atoms with E-state index in [4.69, 9.17) is 33.3 Å². The van der Waals surface area contributed by atoms with Crippen LogP contribution < -0.4 is 0 Å². The Bertz CT molecular complexity index is 1920. The quantitative estimate of drug-likeness (QED) is 0.171. The number of aromatic nitrogens is 2. The molecule has 1 aromatic heterocycles. The second-order valence-electron chi connectivity index (χ2n) is 10.5. The predicted octanol–water partition coefficient (Wildman–Crippen LogP) is 8.92. The van der Waals surface area contributed by atoms with Crippen LogP contribution in [-0.4, -0.2) is 45.0 Å². The number of rotatable bonds is 9. The number of carboxylic acids is 1. The van der Waals surface area contributed by atoms with Crippen molar-refractivity contribution in [3.05, 3.63) is 135 Å². The lowest BCUT2D eigenvalue weighted by atomic mass is 10.0. The van der Waals surface area contributed by atoms with Gasteiger partial charge in [0.25, 0.3) is 5.91 Å². The number of hydrogen-bond donors (Lipinski definition) is 1. The van der Waals surface area contributed by atoms with Crippen molar-refractivity contribution in [2.45, 2.75) is 12.7 Å². The smallest absolute Gasteiger partial charge is 0.416 e. The molecule has 46 heavy (non-hydrogen) atoms. The topological polar surface area (TPSA) is 75.4 Å². The molecular weight excluding hydrogens is 638 g/mol. The van der Waals surface area contributed by atoms with E-state index in [2.05, 4.69) is 0 Å². The van der Waals surface area contributed by atoms with Crippen molar-refractivity contribution < 1.29 is 27.9 Å². The summed E-state index contributed by atoms with van der Waals surface area (Å²) in [7, 11) is 1.43. The Balaban J connectivity index is 1.41. The molecule has 1 N–H and O–H groups in total. The first-order chi connectivity index (χ1) is 21.9. The van der Waals surface area contributed by atoms with Gasteiger partial charge in [-0.05, 0) is 70.8 Å². The maximum Gasteiger partial charge on any atom is 0.416 e. The van der Waals surface area contributed by atoms with E-state index in [0.717, 1.165) is 28.2 Å². The molecule has 6 nitrogen and oxygen atoms in total. The molecule has 4 aromatic carbocycles. The molecule has 0 atom stereocenters. The van der Waals surface area contributed by atoms with Crippen molar-refractivity contribution in [3.63, 3.8) is 0 Å². The standard InChI is InChI=1S/C35H26Cl2F3N3O3/c1-42(21-33(44)45)34(46)25-12-7-23(8-13-25)19-43-20-31(29-15-14-28(36)18-30(29)37)41-32(43)16-9-22-5-10-24(11-6-22)26-3-2-4-27(17-26)35(38,39)40/h2-18,20H,19,21H2,1H3,(H,44,45)/b16-9+. The van der Waals surface area contributed by atoms with Crippen molar-refractivity contribution >= 4 is 47.2 Å². The van der Waals surface area contributed by atoms with E-state index in [1.807, 2.05) is 35.0 Å². The zero-order chi connectivity index (χ0) is 33.0. The van der Waals surface area contributed by atoms with Gasteiger partial charge in [-0.25, -0.2) is 4.98 Å². The van der Waals surface area contributed by atoms with Gasteiger partial charge in [0.05, 0.1) is 16.3 Å². The summed E-state index contributed by atoms with van der Waals surface area (Å²) in [6.07, 6.45) is 1.10. The highest BCUT2D eigenvalue weighted by Crippen LogP contribution is 2.33. The number of carboxylic acid groups (broad SMARTS) is 1. The van der Waals surface area contributed by atoms with Crippen LogP contribution in [0.3, 0.4) is 0 Å². The van der Waals surface area contributed by atoms with Gasteiger partial charge in [-0.2, -0.15) is 13.2 Å². The maximum atomic E-state index is 13.2. The fraction of sp³-hybridized carbons (Fsp3) is 0.114. The van der Waals surface area contributed by atoms with Crippen LogP contribution in [0.25, 0.3) is 34.5 Å². The van der Waals surface area contributed by atoms with Gasteiger partial charge in [0, 0.05) is 35.9 Å².